The Labute approximate surface area is 134 Å². The van der Waals surface area contributed by atoms with Crippen molar-refractivity contribution in [3.05, 3.63) is 0 Å². The summed E-state index contributed by atoms with van der Waals surface area (Å²) < 4.78 is 0. The molecule has 1 unspecified atom stereocenters. The third-order valence-corrected chi connectivity index (χ3v) is 3.89. The van der Waals surface area contributed by atoms with Crippen LogP contribution in [-0.2, 0) is 9.59 Å². The highest BCUT2D eigenvalue weighted by Gasteiger charge is 2.29. The molecule has 1 aliphatic rings. The molecule has 6 heteroatoms. The van der Waals surface area contributed by atoms with Gasteiger partial charge < -0.3 is 16.0 Å². The second kappa shape index (κ2) is 10.0. The third-order valence-electron chi connectivity index (χ3n) is 3.89. The highest BCUT2D eigenvalue weighted by atomic mass is 35.5. The third kappa shape index (κ3) is 8.27. The van der Waals surface area contributed by atoms with Crippen LogP contribution in [0.15, 0.2) is 0 Å². The van der Waals surface area contributed by atoms with Crippen LogP contribution in [0.2, 0.25) is 0 Å². The second-order valence-corrected chi connectivity index (χ2v) is 6.18. The van der Waals surface area contributed by atoms with Crippen molar-refractivity contribution in [3.8, 4) is 0 Å². The summed E-state index contributed by atoms with van der Waals surface area (Å²) in [5.41, 5.74) is 5.97. The maximum atomic E-state index is 11.9. The normalized spacial score (nSPS) is 15.3. The molecular formula is C15H30ClN3O2. The number of amides is 2. The van der Waals surface area contributed by atoms with Gasteiger partial charge in [-0.25, -0.2) is 0 Å². The summed E-state index contributed by atoms with van der Waals surface area (Å²) >= 11 is 0. The molecule has 0 heterocycles. The molecule has 0 saturated heterocycles. The SMILES string of the molecule is CC(C)C(N)CCN(C)C(=O)CCCNC(=O)C1CC1.Cl. The molecule has 1 fully saturated rings. The van der Waals surface area contributed by atoms with Gasteiger partial charge >= 0.3 is 0 Å². The minimum Gasteiger partial charge on any atom is -0.356 e. The lowest BCUT2D eigenvalue weighted by atomic mass is 10.0. The first-order valence-corrected chi connectivity index (χ1v) is 7.69. The number of hydrogen-bond donors (Lipinski definition) is 2. The van der Waals surface area contributed by atoms with E-state index in [2.05, 4.69) is 19.2 Å². The molecule has 0 radical (unpaired) electrons. The average Bonchev–Trinajstić information content (AvgIpc) is 3.24. The molecule has 21 heavy (non-hydrogen) atoms. The van der Waals surface area contributed by atoms with Crippen molar-refractivity contribution < 1.29 is 9.59 Å². The molecule has 1 atom stereocenters. The van der Waals surface area contributed by atoms with Crippen LogP contribution in [0.25, 0.3) is 0 Å². The van der Waals surface area contributed by atoms with Gasteiger partial charge in [0.15, 0.2) is 0 Å². The van der Waals surface area contributed by atoms with Crippen LogP contribution < -0.4 is 11.1 Å². The Morgan fingerprint density at radius 1 is 1.33 bits per heavy atom. The molecule has 0 spiro atoms. The van der Waals surface area contributed by atoms with Crippen LogP contribution >= 0.6 is 12.4 Å². The van der Waals surface area contributed by atoms with Crippen LogP contribution in [-0.4, -0.2) is 42.9 Å². The molecule has 1 aliphatic carbocycles. The van der Waals surface area contributed by atoms with Gasteiger partial charge in [0.2, 0.25) is 11.8 Å². The fourth-order valence-corrected chi connectivity index (χ4v) is 1.93. The van der Waals surface area contributed by atoms with Crippen LogP contribution in [0, 0.1) is 11.8 Å². The van der Waals surface area contributed by atoms with E-state index in [0.29, 0.717) is 31.8 Å². The van der Waals surface area contributed by atoms with Crippen molar-refractivity contribution in [1.82, 2.24) is 10.2 Å². The highest BCUT2D eigenvalue weighted by Crippen LogP contribution is 2.28. The summed E-state index contributed by atoms with van der Waals surface area (Å²) in [6, 6.07) is 0.142. The van der Waals surface area contributed by atoms with Crippen LogP contribution in [0.4, 0.5) is 0 Å². The first kappa shape index (κ1) is 20.2. The predicted molar refractivity (Wildman–Crippen MR) is 87.3 cm³/mol. The van der Waals surface area contributed by atoms with E-state index in [-0.39, 0.29) is 36.2 Å². The lowest BCUT2D eigenvalue weighted by molar-refractivity contribution is -0.130. The van der Waals surface area contributed by atoms with Crippen molar-refractivity contribution in [3.63, 3.8) is 0 Å². The Morgan fingerprint density at radius 2 is 1.95 bits per heavy atom. The zero-order valence-corrected chi connectivity index (χ0v) is 14.2. The number of carbonyl (C=O) groups is 2. The maximum absolute atomic E-state index is 11.9. The first-order valence-electron chi connectivity index (χ1n) is 7.69. The van der Waals surface area contributed by atoms with Gasteiger partial charge in [-0.2, -0.15) is 0 Å². The topological polar surface area (TPSA) is 75.4 Å². The standard InChI is InChI=1S/C15H29N3O2.ClH/c1-11(2)13(16)8-10-18(3)14(19)5-4-9-17-15(20)12-6-7-12;/h11-13H,4-10,16H2,1-3H3,(H,17,20);1H. The average molecular weight is 320 g/mol. The summed E-state index contributed by atoms with van der Waals surface area (Å²) in [6.45, 7) is 5.48. The minimum atomic E-state index is 0. The van der Waals surface area contributed by atoms with Crippen molar-refractivity contribution in [2.45, 2.75) is 52.0 Å². The van der Waals surface area contributed by atoms with E-state index in [9.17, 15) is 9.59 Å². The highest BCUT2D eigenvalue weighted by molar-refractivity contribution is 5.85. The molecule has 2 amide bonds. The van der Waals surface area contributed by atoms with Gasteiger partial charge in [-0.1, -0.05) is 13.8 Å². The molecule has 0 aliphatic heterocycles. The number of hydrogen-bond acceptors (Lipinski definition) is 3. The fourth-order valence-electron chi connectivity index (χ4n) is 1.93. The first-order chi connectivity index (χ1) is 9.41. The van der Waals surface area contributed by atoms with Gasteiger partial charge in [-0.15, -0.1) is 12.4 Å². The van der Waals surface area contributed by atoms with Gasteiger partial charge in [0, 0.05) is 38.5 Å². The van der Waals surface area contributed by atoms with E-state index in [4.69, 9.17) is 5.73 Å². The number of nitrogens with one attached hydrogen (secondary N) is 1. The Hall–Kier alpha value is -0.810. The van der Waals surface area contributed by atoms with E-state index in [1.54, 1.807) is 4.90 Å². The second-order valence-electron chi connectivity index (χ2n) is 6.18. The smallest absolute Gasteiger partial charge is 0.223 e. The van der Waals surface area contributed by atoms with Crippen molar-refractivity contribution in [2.24, 2.45) is 17.6 Å². The lowest BCUT2D eigenvalue weighted by Crippen LogP contribution is -2.35. The molecule has 5 nitrogen and oxygen atoms in total. The zero-order valence-electron chi connectivity index (χ0n) is 13.4. The van der Waals surface area contributed by atoms with Crippen molar-refractivity contribution in [2.75, 3.05) is 20.1 Å². The number of carbonyl (C=O) groups excluding carboxylic acids is 2. The van der Waals surface area contributed by atoms with Gasteiger partial charge in [-0.05, 0) is 31.6 Å². The molecule has 1 rings (SSSR count). The molecule has 0 aromatic rings. The van der Waals surface area contributed by atoms with Gasteiger partial charge in [-0.3, -0.25) is 9.59 Å². The largest absolute Gasteiger partial charge is 0.356 e. The van der Waals surface area contributed by atoms with Crippen LogP contribution in [0.3, 0.4) is 0 Å². The summed E-state index contributed by atoms with van der Waals surface area (Å²) in [7, 11) is 1.82. The summed E-state index contributed by atoms with van der Waals surface area (Å²) in [6.07, 6.45) is 4.06. The number of nitrogens with zero attached hydrogens (tertiary/aromatic N) is 1. The van der Waals surface area contributed by atoms with E-state index in [0.717, 1.165) is 19.3 Å². The van der Waals surface area contributed by atoms with Gasteiger partial charge in [0.05, 0.1) is 0 Å². The summed E-state index contributed by atoms with van der Waals surface area (Å²) in [5, 5.41) is 2.87. The molecular weight excluding hydrogens is 290 g/mol. The number of rotatable bonds is 9. The molecule has 124 valence electrons. The van der Waals surface area contributed by atoms with Crippen LogP contribution in [0.1, 0.15) is 46.0 Å². The number of nitrogens with two attached hydrogens (primary N) is 1. The monoisotopic (exact) mass is 319 g/mol. The maximum Gasteiger partial charge on any atom is 0.223 e. The van der Waals surface area contributed by atoms with E-state index < -0.39 is 0 Å². The quantitative estimate of drug-likeness (QED) is 0.633. The lowest BCUT2D eigenvalue weighted by Gasteiger charge is -2.21. The zero-order chi connectivity index (χ0) is 15.1. The van der Waals surface area contributed by atoms with Crippen molar-refractivity contribution in [1.29, 1.82) is 0 Å². The molecule has 0 aromatic heterocycles. The summed E-state index contributed by atoms with van der Waals surface area (Å²) in [5.74, 6) is 0.956. The van der Waals surface area contributed by atoms with E-state index >= 15 is 0 Å². The Kier molecular flexibility index (Phi) is 9.62. The van der Waals surface area contributed by atoms with Gasteiger partial charge in [0.1, 0.15) is 0 Å². The Morgan fingerprint density at radius 3 is 2.48 bits per heavy atom. The van der Waals surface area contributed by atoms with E-state index in [1.807, 2.05) is 7.05 Å². The predicted octanol–water partition coefficient (Wildman–Crippen LogP) is 1.55. The molecule has 0 bridgehead atoms. The van der Waals surface area contributed by atoms with Crippen molar-refractivity contribution >= 4 is 24.2 Å². The summed E-state index contributed by atoms with van der Waals surface area (Å²) in [4.78, 5) is 25.0. The van der Waals surface area contributed by atoms with Gasteiger partial charge in [0.25, 0.3) is 0 Å². The van der Waals surface area contributed by atoms with E-state index in [1.165, 1.54) is 0 Å². The molecule has 3 N–H and O–H groups in total. The minimum absolute atomic E-state index is 0. The fraction of sp³-hybridized carbons (Fsp3) is 0.867. The Bertz CT molecular complexity index is 333. The number of halogens is 1. The molecule has 1 saturated carbocycles. The molecule has 0 aromatic carbocycles. The Balaban J connectivity index is 0.00000400. The van der Waals surface area contributed by atoms with Crippen LogP contribution in [0.5, 0.6) is 0 Å².